The number of nitrogens with two attached hydrogens (primary N) is 1. The fourth-order valence-electron chi connectivity index (χ4n) is 8.73. The molecule has 2 unspecified atom stereocenters. The summed E-state index contributed by atoms with van der Waals surface area (Å²) in [5, 5.41) is 0. The number of carbonyl (C=O) groups is 2. The second-order valence-corrected chi connectivity index (χ2v) is 15.2. The first-order valence-electron chi connectivity index (χ1n) is 17.2. The van der Waals surface area contributed by atoms with E-state index in [2.05, 4.69) is 37.8 Å². The van der Waals surface area contributed by atoms with E-state index in [-0.39, 0.29) is 40.9 Å². The average Bonchev–Trinajstić information content (AvgIpc) is 3.76. The zero-order chi connectivity index (χ0) is 34.6. The SMILES string of the molecule is CN1CC2CC1CN2C1CCN(C(=O)[C@H](CC(=O)N2CCC(n3c(=O)[nH]c4ccccc43)CC2)Cc2cc(Br)c(N)c(C(F)(F)F)c2)CC1. The Hall–Kier alpha value is -3.36. The molecule has 7 rings (SSSR count). The number of aromatic nitrogens is 2. The first-order valence-corrected chi connectivity index (χ1v) is 18.0. The highest BCUT2D eigenvalue weighted by Crippen LogP contribution is 2.39. The summed E-state index contributed by atoms with van der Waals surface area (Å²) in [4.78, 5) is 52.2. The number of H-pyrrole nitrogens is 1. The number of alkyl halides is 3. The van der Waals surface area contributed by atoms with Crippen LogP contribution in [0.15, 0.2) is 45.7 Å². The van der Waals surface area contributed by atoms with E-state index in [1.807, 2.05) is 29.2 Å². The summed E-state index contributed by atoms with van der Waals surface area (Å²) >= 11 is 3.17. The van der Waals surface area contributed by atoms with Crippen LogP contribution in [0.1, 0.15) is 55.7 Å². The van der Waals surface area contributed by atoms with Crippen molar-refractivity contribution in [1.82, 2.24) is 29.2 Å². The first kappa shape index (κ1) is 34.1. The molecule has 1 aromatic heterocycles. The molecule has 0 saturated carbocycles. The maximum absolute atomic E-state index is 14.2. The van der Waals surface area contributed by atoms with Crippen molar-refractivity contribution in [3.8, 4) is 0 Å². The molecule has 3 aromatic rings. The fraction of sp³-hybridized carbons (Fsp3) is 0.571. The number of benzene rings is 2. The number of nitrogens with zero attached hydrogens (tertiary/aromatic N) is 5. The highest BCUT2D eigenvalue weighted by atomic mass is 79.9. The zero-order valence-electron chi connectivity index (χ0n) is 27.6. The van der Waals surface area contributed by atoms with Crippen LogP contribution >= 0.6 is 15.9 Å². The van der Waals surface area contributed by atoms with E-state index in [1.165, 1.54) is 12.5 Å². The van der Waals surface area contributed by atoms with Gasteiger partial charge in [0.05, 0.1) is 28.2 Å². The molecular weight excluding hydrogens is 703 g/mol. The topological polar surface area (TPSA) is 111 Å². The Balaban J connectivity index is 1.05. The largest absolute Gasteiger partial charge is 0.418 e. The third-order valence-corrected chi connectivity index (χ3v) is 12.0. The van der Waals surface area contributed by atoms with Crippen molar-refractivity contribution >= 4 is 44.5 Å². The molecule has 3 N–H and O–H groups in total. The Morgan fingerprint density at radius 1 is 0.959 bits per heavy atom. The van der Waals surface area contributed by atoms with E-state index in [1.54, 1.807) is 9.47 Å². The molecule has 4 aliphatic rings. The summed E-state index contributed by atoms with van der Waals surface area (Å²) in [6, 6.07) is 11.5. The van der Waals surface area contributed by atoms with Gasteiger partial charge in [-0.3, -0.25) is 19.1 Å². The average molecular weight is 747 g/mol. The number of likely N-dealkylation sites (N-methyl/N-ethyl adjacent to an activating group) is 1. The lowest BCUT2D eigenvalue weighted by Gasteiger charge is -2.42. The summed E-state index contributed by atoms with van der Waals surface area (Å²) < 4.78 is 43.5. The van der Waals surface area contributed by atoms with Gasteiger partial charge in [-0.2, -0.15) is 13.2 Å². The van der Waals surface area contributed by atoms with E-state index in [4.69, 9.17) is 5.73 Å². The maximum Gasteiger partial charge on any atom is 0.418 e. The number of likely N-dealkylation sites (tertiary alicyclic amines) is 4. The number of fused-ring (bicyclic) bond motifs is 3. The van der Waals surface area contributed by atoms with Crippen LogP contribution in [0, 0.1) is 5.92 Å². The Morgan fingerprint density at radius 2 is 1.63 bits per heavy atom. The molecule has 3 atom stereocenters. The smallest absolute Gasteiger partial charge is 0.397 e. The van der Waals surface area contributed by atoms with Crippen LogP contribution in [-0.4, -0.2) is 105 Å². The lowest BCUT2D eigenvalue weighted by molar-refractivity contribution is -0.143. The maximum atomic E-state index is 14.2. The van der Waals surface area contributed by atoms with Gasteiger partial charge in [0.2, 0.25) is 11.8 Å². The van der Waals surface area contributed by atoms with Gasteiger partial charge in [0, 0.05) is 74.3 Å². The minimum Gasteiger partial charge on any atom is -0.397 e. The van der Waals surface area contributed by atoms with Crippen LogP contribution in [0.3, 0.4) is 0 Å². The number of hydrogen-bond donors (Lipinski definition) is 2. The number of imidazole rings is 1. The number of halogens is 4. The van der Waals surface area contributed by atoms with E-state index in [9.17, 15) is 27.6 Å². The van der Waals surface area contributed by atoms with Gasteiger partial charge in [0.15, 0.2) is 0 Å². The molecule has 0 spiro atoms. The number of aromatic amines is 1. The lowest BCUT2D eigenvalue weighted by atomic mass is 9.91. The van der Waals surface area contributed by atoms with E-state index >= 15 is 0 Å². The minimum absolute atomic E-state index is 0.0180. The van der Waals surface area contributed by atoms with Crippen molar-refractivity contribution in [3.63, 3.8) is 0 Å². The predicted molar refractivity (Wildman–Crippen MR) is 184 cm³/mol. The van der Waals surface area contributed by atoms with Crippen molar-refractivity contribution in [3.05, 3.63) is 62.5 Å². The molecule has 5 heterocycles. The van der Waals surface area contributed by atoms with E-state index in [0.29, 0.717) is 62.7 Å². The number of hydrogen-bond acceptors (Lipinski definition) is 6. The number of anilines is 1. The molecule has 2 bridgehead atoms. The molecule has 2 amide bonds. The number of piperazine rings is 1. The number of rotatable bonds is 7. The van der Waals surface area contributed by atoms with Gasteiger partial charge in [-0.1, -0.05) is 12.1 Å². The van der Waals surface area contributed by atoms with Gasteiger partial charge in [-0.25, -0.2) is 4.79 Å². The second kappa shape index (κ2) is 13.4. The molecule has 264 valence electrons. The molecule has 0 radical (unpaired) electrons. The number of amides is 2. The molecule has 49 heavy (non-hydrogen) atoms. The summed E-state index contributed by atoms with van der Waals surface area (Å²) in [5.41, 5.74) is 6.10. The molecule has 10 nitrogen and oxygen atoms in total. The van der Waals surface area contributed by atoms with Gasteiger partial charge < -0.3 is 25.4 Å². The summed E-state index contributed by atoms with van der Waals surface area (Å²) in [6.45, 7) is 4.07. The van der Waals surface area contributed by atoms with Crippen LogP contribution in [0.25, 0.3) is 11.0 Å². The molecular formula is C35H43BrF3N7O3. The lowest BCUT2D eigenvalue weighted by Crippen LogP contribution is -2.54. The number of piperidine rings is 2. The quantitative estimate of drug-likeness (QED) is 0.346. The van der Waals surface area contributed by atoms with Crippen molar-refractivity contribution in [2.45, 2.75) is 75.3 Å². The normalized spacial score (nSPS) is 23.5. The van der Waals surface area contributed by atoms with Crippen molar-refractivity contribution in [2.24, 2.45) is 5.92 Å². The van der Waals surface area contributed by atoms with Crippen LogP contribution in [0.2, 0.25) is 0 Å². The Bertz CT molecular complexity index is 1780. The Labute approximate surface area is 291 Å². The highest BCUT2D eigenvalue weighted by molar-refractivity contribution is 9.10. The number of nitrogens with one attached hydrogen (secondary N) is 1. The monoisotopic (exact) mass is 745 g/mol. The van der Waals surface area contributed by atoms with Gasteiger partial charge in [0.25, 0.3) is 0 Å². The van der Waals surface area contributed by atoms with Crippen molar-refractivity contribution < 1.29 is 22.8 Å². The fourth-order valence-corrected chi connectivity index (χ4v) is 9.24. The van der Waals surface area contributed by atoms with E-state index in [0.717, 1.165) is 43.0 Å². The summed E-state index contributed by atoms with van der Waals surface area (Å²) in [7, 11) is 2.18. The third-order valence-electron chi connectivity index (χ3n) is 11.4. The first-order chi connectivity index (χ1) is 23.4. The number of para-hydroxylation sites is 2. The molecule has 14 heteroatoms. The van der Waals surface area contributed by atoms with Crippen LogP contribution < -0.4 is 11.4 Å². The van der Waals surface area contributed by atoms with Gasteiger partial charge in [-0.05, 0) is 91.3 Å². The predicted octanol–water partition coefficient (Wildman–Crippen LogP) is 4.48. The zero-order valence-corrected chi connectivity index (χ0v) is 29.2. The van der Waals surface area contributed by atoms with Crippen molar-refractivity contribution in [1.29, 1.82) is 0 Å². The molecule has 2 aromatic carbocycles. The highest BCUT2D eigenvalue weighted by Gasteiger charge is 2.45. The Kier molecular flexibility index (Phi) is 9.33. The second-order valence-electron chi connectivity index (χ2n) is 14.3. The van der Waals surface area contributed by atoms with Crippen LogP contribution in [0.4, 0.5) is 18.9 Å². The Morgan fingerprint density at radius 3 is 2.29 bits per heavy atom. The van der Waals surface area contributed by atoms with Gasteiger partial charge in [0.1, 0.15) is 0 Å². The summed E-state index contributed by atoms with van der Waals surface area (Å²) in [6.07, 6.45) is -0.774. The van der Waals surface area contributed by atoms with Crippen LogP contribution in [0.5, 0.6) is 0 Å². The van der Waals surface area contributed by atoms with Crippen molar-refractivity contribution in [2.75, 3.05) is 52.0 Å². The minimum atomic E-state index is -4.67. The number of carbonyl (C=O) groups excluding carboxylic acids is 2. The molecule has 4 saturated heterocycles. The molecule has 4 fully saturated rings. The number of nitrogen functional groups attached to an aromatic ring is 1. The van der Waals surface area contributed by atoms with E-state index < -0.39 is 23.3 Å². The summed E-state index contributed by atoms with van der Waals surface area (Å²) in [5.74, 6) is -1.23. The molecule has 0 aliphatic carbocycles. The van der Waals surface area contributed by atoms with Gasteiger partial charge >= 0.3 is 11.9 Å². The standard InChI is InChI=1S/C35H43BrF3N7O3/c1-42-19-26-18-25(42)20-45(26)23-6-12-44(13-7-23)33(48)22(14-21-15-27(35(37,38)39)32(40)28(36)16-21)17-31(47)43-10-8-24(9-11-43)46-30-5-3-2-4-29(30)41-34(46)49/h2-5,15-16,22-26H,6-14,17-20,40H2,1H3,(H,41,49)/t22-,25?,26?/m0/s1. The molecule has 4 aliphatic heterocycles. The van der Waals surface area contributed by atoms with Crippen LogP contribution in [-0.2, 0) is 22.2 Å². The van der Waals surface area contributed by atoms with Gasteiger partial charge in [-0.15, -0.1) is 0 Å². The third kappa shape index (κ3) is 6.75.